The molecule has 0 spiro atoms. The summed E-state index contributed by atoms with van der Waals surface area (Å²) in [4.78, 5) is 2.41. The van der Waals surface area contributed by atoms with Gasteiger partial charge in [-0.1, -0.05) is 429 Å². The van der Waals surface area contributed by atoms with E-state index in [1.165, 1.54) is 84.0 Å². The van der Waals surface area contributed by atoms with Crippen molar-refractivity contribution >= 4 is 62.9 Å². The van der Waals surface area contributed by atoms with E-state index in [0.29, 0.717) is 5.69 Å². The Hall–Kier alpha value is -13.8. The zero-order chi connectivity index (χ0) is 92.0. The fourth-order valence-corrected chi connectivity index (χ4v) is 19.8. The first kappa shape index (κ1) is 69.8. The molecule has 4 heteroatoms. The molecular formula is C120H104BN3. The van der Waals surface area contributed by atoms with Crippen molar-refractivity contribution in [2.45, 2.75) is 116 Å². The molecule has 3 aliphatic rings. The van der Waals surface area contributed by atoms with E-state index in [4.69, 9.17) is 4.11 Å². The third-order valence-corrected chi connectivity index (χ3v) is 26.2. The molecule has 2 N–H and O–H groups in total. The SMILES string of the molecule is [2H]c1cc(-c2c([2H])c([2H])c([2H])c([2H])c2Nc2ccc3c(c2)N(c2ccccc2-c2ccc4c(c2)-c2ccccc2C4(c2ccccc2)c2ccccc2)c2cc(-c4cc(C(C)(C)C)cc(C(C)(C)C)c4)ccc2B3c2ccc(-c3cc(C(C)(C)C)cc(C(C)(C)C)c3)cc2Nc2ccccc2-c2ccc3c(c2)-c2ccccc2C3(c2ccccc2)c2ccccc2)c([2H])c([2H])c1[2H]. The zero-order valence-electron chi connectivity index (χ0n) is 80.5. The summed E-state index contributed by atoms with van der Waals surface area (Å²) >= 11 is 0. The predicted molar refractivity (Wildman–Crippen MR) is 528 cm³/mol. The van der Waals surface area contributed by atoms with Crippen LogP contribution in [0.5, 0.6) is 0 Å². The van der Waals surface area contributed by atoms with Crippen LogP contribution in [0.3, 0.4) is 0 Å². The molecule has 0 amide bonds. The van der Waals surface area contributed by atoms with Crippen molar-refractivity contribution in [3.63, 3.8) is 0 Å². The average Bonchev–Trinajstić information content (AvgIpc) is 1.54. The molecule has 0 saturated carbocycles. The summed E-state index contributed by atoms with van der Waals surface area (Å²) < 4.78 is 74.0. The number of para-hydroxylation sites is 3. The highest BCUT2D eigenvalue weighted by Crippen LogP contribution is 2.60. The van der Waals surface area contributed by atoms with Crippen molar-refractivity contribution in [3.8, 4) is 77.9 Å². The van der Waals surface area contributed by atoms with Gasteiger partial charge in [0.15, 0.2) is 0 Å². The van der Waals surface area contributed by atoms with Crippen LogP contribution in [-0.2, 0) is 32.5 Å². The third-order valence-electron chi connectivity index (χ3n) is 26.2. The summed E-state index contributed by atoms with van der Waals surface area (Å²) in [6, 6.07) is 125. The number of hydrogen-bond donors (Lipinski definition) is 2. The fraction of sp³-hybridized carbons (Fsp3) is 0.150. The lowest BCUT2D eigenvalue weighted by Crippen LogP contribution is -2.57. The van der Waals surface area contributed by atoms with Gasteiger partial charge in [0.2, 0.25) is 6.71 Å². The van der Waals surface area contributed by atoms with E-state index in [9.17, 15) is 6.85 Å². The van der Waals surface area contributed by atoms with E-state index in [1.54, 1.807) is 0 Å². The van der Waals surface area contributed by atoms with E-state index < -0.39 is 59.8 Å². The quantitative estimate of drug-likeness (QED) is 0.100. The predicted octanol–water partition coefficient (Wildman–Crippen LogP) is 29.7. The minimum absolute atomic E-state index is 0.0490. The Labute approximate surface area is 745 Å². The van der Waals surface area contributed by atoms with Gasteiger partial charge in [0.25, 0.3) is 0 Å². The molecule has 0 aromatic heterocycles. The second-order valence-corrected chi connectivity index (χ2v) is 37.9. The minimum atomic E-state index is -0.654. The molecule has 124 heavy (non-hydrogen) atoms. The van der Waals surface area contributed by atoms with Crippen molar-refractivity contribution < 1.29 is 11.0 Å². The Morgan fingerprint density at radius 2 is 0.645 bits per heavy atom. The summed E-state index contributed by atoms with van der Waals surface area (Å²) in [7, 11) is 0. The topological polar surface area (TPSA) is 27.3 Å². The number of nitrogens with one attached hydrogen (secondary N) is 2. The lowest BCUT2D eigenvalue weighted by molar-refractivity contribution is 0.568. The maximum absolute atomic E-state index is 9.88. The second kappa shape index (κ2) is 30.7. The fourth-order valence-electron chi connectivity index (χ4n) is 19.8. The lowest BCUT2D eigenvalue weighted by Gasteiger charge is -2.39. The van der Waals surface area contributed by atoms with Crippen LogP contribution in [0.4, 0.5) is 39.8 Å². The monoisotopic (exact) mass is 1610 g/mol. The van der Waals surface area contributed by atoms with E-state index in [0.717, 1.165) is 100 Å². The van der Waals surface area contributed by atoms with Gasteiger partial charge in [-0.05, 0) is 221 Å². The summed E-state index contributed by atoms with van der Waals surface area (Å²) in [5, 5.41) is 7.90. The second-order valence-electron chi connectivity index (χ2n) is 37.9. The largest absolute Gasteiger partial charge is 0.355 e. The molecule has 1 aliphatic heterocycles. The normalized spacial score (nSPS) is 14.5. The average molecular weight is 1610 g/mol. The van der Waals surface area contributed by atoms with Gasteiger partial charge in [0.1, 0.15) is 0 Å². The van der Waals surface area contributed by atoms with Gasteiger partial charge >= 0.3 is 0 Å². The maximum atomic E-state index is 9.88. The number of fused-ring (bicyclic) bond motifs is 8. The summed E-state index contributed by atoms with van der Waals surface area (Å²) in [5.74, 6) is 0. The van der Waals surface area contributed by atoms with Crippen LogP contribution in [0.15, 0.2) is 400 Å². The molecule has 0 radical (unpaired) electrons. The molecule has 0 unspecified atom stereocenters. The first-order valence-electron chi connectivity index (χ1n) is 47.5. The third kappa shape index (κ3) is 13.6. The van der Waals surface area contributed by atoms with E-state index in [2.05, 4.69) is 438 Å². The van der Waals surface area contributed by atoms with Crippen molar-refractivity contribution in [1.29, 1.82) is 0 Å². The Balaban J connectivity index is 0.856. The Kier molecular flexibility index (Phi) is 17.3. The molecule has 0 atom stereocenters. The van der Waals surface area contributed by atoms with Gasteiger partial charge in [-0.2, -0.15) is 0 Å². The van der Waals surface area contributed by atoms with Crippen molar-refractivity contribution in [2.75, 3.05) is 15.5 Å². The Morgan fingerprint density at radius 3 is 1.16 bits per heavy atom. The maximum Gasteiger partial charge on any atom is 0.249 e. The number of hydrogen-bond acceptors (Lipinski definition) is 3. The molecule has 2 aliphatic carbocycles. The van der Waals surface area contributed by atoms with Crippen molar-refractivity contribution in [3.05, 3.63) is 467 Å². The molecule has 602 valence electrons. The highest BCUT2D eigenvalue weighted by atomic mass is 15.2. The highest BCUT2D eigenvalue weighted by molar-refractivity contribution is 6.99. The first-order valence-corrected chi connectivity index (χ1v) is 43.5. The van der Waals surface area contributed by atoms with Gasteiger partial charge in [0, 0.05) is 50.8 Å². The van der Waals surface area contributed by atoms with Crippen LogP contribution in [-0.4, -0.2) is 6.71 Å². The van der Waals surface area contributed by atoms with Crippen LogP contribution < -0.4 is 31.9 Å². The zero-order valence-corrected chi connectivity index (χ0v) is 72.5. The van der Waals surface area contributed by atoms with Gasteiger partial charge in [0.05, 0.1) is 27.5 Å². The molecule has 0 fully saturated rings. The number of nitrogens with zero attached hydrogens (tertiary/aromatic N) is 1. The van der Waals surface area contributed by atoms with Gasteiger partial charge in [-0.3, -0.25) is 0 Å². The Bertz CT molecular complexity index is 7330. The van der Waals surface area contributed by atoms with Crippen molar-refractivity contribution in [1.82, 2.24) is 0 Å². The standard InChI is InChI=1S/C120H104BN3/c1-115(2,3)90-68-84(69-91(76-90)116(4,5)6)80-60-65-106(111(74-80)123-110-56-36-31-49-96(110)82-58-63-104-100(72-82)98-51-28-33-53-102(98)119(104,86-40-20-14-21-41-86)87-42-22-15-23-43-87)121-107-66-61-81(85-70-92(117(7,8)9)77-93(71-85)118(10,11)12)75-113(107)124(114-78-94(62-67-108(114)121)122-109-55-35-30-48-95(109)79-38-18-13-19-39-79)112-57-37-32-50-97(112)83-59-64-105-101(73-83)99-52-29-34-54-103(99)120(105,88-44-24-16-25-45-88)89-46-26-17-27-47-89/h13-78,122-123H,1-12H3/i13D,18D,19D,30D,35D,38D,48D,55D. The van der Waals surface area contributed by atoms with Gasteiger partial charge in [-0.15, -0.1) is 0 Å². The Morgan fingerprint density at radius 1 is 0.242 bits per heavy atom. The molecule has 20 rings (SSSR count). The van der Waals surface area contributed by atoms with Gasteiger partial charge < -0.3 is 15.5 Å². The molecule has 1 heterocycles. The van der Waals surface area contributed by atoms with Crippen LogP contribution in [0.2, 0.25) is 0 Å². The van der Waals surface area contributed by atoms with E-state index in [1.807, 2.05) is 6.07 Å². The highest BCUT2D eigenvalue weighted by Gasteiger charge is 2.49. The summed E-state index contributed by atoms with van der Waals surface area (Å²) in [6.07, 6.45) is 0. The molecule has 0 bridgehead atoms. The first-order chi connectivity index (χ1) is 63.3. The van der Waals surface area contributed by atoms with Crippen molar-refractivity contribution in [2.24, 2.45) is 0 Å². The summed E-state index contributed by atoms with van der Waals surface area (Å²) in [5.41, 5.74) is 32.7. The molecule has 3 nitrogen and oxygen atoms in total. The number of benzene rings is 17. The number of rotatable bonds is 15. The lowest BCUT2D eigenvalue weighted by atomic mass is 9.34. The minimum Gasteiger partial charge on any atom is -0.355 e. The van der Waals surface area contributed by atoms with Crippen LogP contribution >= 0.6 is 0 Å². The molecule has 17 aromatic rings. The van der Waals surface area contributed by atoms with Crippen LogP contribution in [0.1, 0.15) is 161 Å². The van der Waals surface area contributed by atoms with E-state index >= 15 is 0 Å². The van der Waals surface area contributed by atoms with E-state index in [-0.39, 0.29) is 44.5 Å². The number of anilines is 7. The smallest absolute Gasteiger partial charge is 0.249 e. The van der Waals surface area contributed by atoms with Crippen LogP contribution in [0.25, 0.3) is 77.9 Å². The molecular weight excluding hydrogens is 1490 g/mol. The van der Waals surface area contributed by atoms with Gasteiger partial charge in [-0.25, -0.2) is 0 Å². The molecule has 17 aromatic carbocycles. The van der Waals surface area contributed by atoms with Crippen LogP contribution in [0, 0.1) is 0 Å². The molecule has 0 saturated heterocycles. The summed E-state index contributed by atoms with van der Waals surface area (Å²) in [6.45, 7) is 26.9.